The zero-order chi connectivity index (χ0) is 21.2. The minimum Gasteiger partial charge on any atom is -0.403 e. The minimum atomic E-state index is -4.70. The fourth-order valence-corrected chi connectivity index (χ4v) is 2.82. The number of nitrogens with two attached hydrogens (primary N) is 1. The molecule has 11 heteroatoms. The van der Waals surface area contributed by atoms with Crippen LogP contribution in [0.15, 0.2) is 58.1 Å². The molecule has 2 aromatic heterocycles. The summed E-state index contributed by atoms with van der Waals surface area (Å²) in [6.45, 7) is 0. The number of pyridine rings is 1. The molecule has 3 rings (SSSR count). The van der Waals surface area contributed by atoms with Gasteiger partial charge < -0.3 is 11.1 Å². The molecule has 0 fully saturated rings. The van der Waals surface area contributed by atoms with E-state index >= 15 is 0 Å². The summed E-state index contributed by atoms with van der Waals surface area (Å²) in [6, 6.07) is 8.17. The van der Waals surface area contributed by atoms with Gasteiger partial charge >= 0.3 is 11.9 Å². The number of halogens is 4. The molecule has 0 aliphatic heterocycles. The van der Waals surface area contributed by atoms with Crippen molar-refractivity contribution in [3.05, 3.63) is 69.5 Å². The second-order valence-electron chi connectivity index (χ2n) is 5.73. The van der Waals surface area contributed by atoms with Crippen molar-refractivity contribution in [2.75, 3.05) is 12.4 Å². The molecule has 0 saturated heterocycles. The van der Waals surface area contributed by atoms with Crippen LogP contribution in [0.5, 0.6) is 0 Å². The molecule has 0 aliphatic carbocycles. The molecule has 0 radical (unpaired) electrons. The molecule has 0 unspecified atom stereocenters. The number of fused-ring (bicyclic) bond motifs is 1. The summed E-state index contributed by atoms with van der Waals surface area (Å²) < 4.78 is 40.7. The predicted octanol–water partition coefficient (Wildman–Crippen LogP) is 3.37. The molecule has 0 atom stereocenters. The molecule has 3 N–H and O–H groups in total. The highest BCUT2D eigenvalue weighted by Gasteiger charge is 2.33. The zero-order valence-corrected chi connectivity index (χ0v) is 15.7. The Labute approximate surface area is 167 Å². The topological polar surface area (TPSA) is 98.2 Å². The van der Waals surface area contributed by atoms with E-state index in [4.69, 9.17) is 17.3 Å². The van der Waals surface area contributed by atoms with Gasteiger partial charge in [-0.05, 0) is 24.3 Å². The van der Waals surface area contributed by atoms with Crippen LogP contribution in [-0.2, 0) is 6.18 Å². The second kappa shape index (κ2) is 7.92. The van der Waals surface area contributed by atoms with Crippen LogP contribution in [0, 0.1) is 0 Å². The Morgan fingerprint density at radius 2 is 1.97 bits per heavy atom. The van der Waals surface area contributed by atoms with Gasteiger partial charge in [0.25, 0.3) is 0 Å². The summed E-state index contributed by atoms with van der Waals surface area (Å²) in [7, 11) is 1.50. The maximum atomic E-state index is 13.2. The lowest BCUT2D eigenvalue weighted by Crippen LogP contribution is -2.25. The van der Waals surface area contributed by atoms with Gasteiger partial charge in [-0.2, -0.15) is 18.2 Å². The van der Waals surface area contributed by atoms with E-state index in [1.165, 1.54) is 37.7 Å². The molecule has 150 valence electrons. The van der Waals surface area contributed by atoms with Gasteiger partial charge in [0.1, 0.15) is 11.5 Å². The van der Waals surface area contributed by atoms with Crippen molar-refractivity contribution in [1.82, 2.24) is 14.5 Å². The van der Waals surface area contributed by atoms with Crippen molar-refractivity contribution in [2.45, 2.75) is 6.18 Å². The Hall–Kier alpha value is -3.40. The normalized spacial score (nSPS) is 12.7. The highest BCUT2D eigenvalue weighted by molar-refractivity contribution is 6.32. The molecule has 0 bridgehead atoms. The number of para-hydroxylation sites is 1. The summed E-state index contributed by atoms with van der Waals surface area (Å²) in [5.74, 6) is -0.0221. The van der Waals surface area contributed by atoms with Gasteiger partial charge in [-0.3, -0.25) is 4.99 Å². The Balaban J connectivity index is 2.37. The van der Waals surface area contributed by atoms with Crippen LogP contribution < -0.4 is 16.7 Å². The third-order valence-corrected chi connectivity index (χ3v) is 4.15. The van der Waals surface area contributed by atoms with Crippen LogP contribution in [-0.4, -0.2) is 27.8 Å². The lowest BCUT2D eigenvalue weighted by atomic mass is 10.2. The van der Waals surface area contributed by atoms with E-state index in [0.29, 0.717) is 0 Å². The molecule has 0 saturated carbocycles. The molecule has 0 spiro atoms. The van der Waals surface area contributed by atoms with E-state index in [-0.39, 0.29) is 33.3 Å². The lowest BCUT2D eigenvalue weighted by molar-refractivity contribution is -0.141. The lowest BCUT2D eigenvalue weighted by Gasteiger charge is -2.15. The summed E-state index contributed by atoms with van der Waals surface area (Å²) >= 11 is 6.15. The number of nitrogens with one attached hydrogen (secondary N) is 1. The number of anilines is 1. The van der Waals surface area contributed by atoms with Gasteiger partial charge in [-0.1, -0.05) is 23.7 Å². The van der Waals surface area contributed by atoms with E-state index in [2.05, 4.69) is 20.3 Å². The standard InChI is InChI=1S/C18H14ClF3N6O/c1-24-9-10(8-23)25-15-11-6-7-14(18(20,21)22)26-16(11)28(17(29)27-15)13-5-3-2-4-12(13)19/h2-9H,23H2,1H3,(H,25,27,29)/b10-8+,24-9?. The van der Waals surface area contributed by atoms with Crippen LogP contribution in [0.4, 0.5) is 19.0 Å². The van der Waals surface area contributed by atoms with Crippen molar-refractivity contribution >= 4 is 34.7 Å². The minimum absolute atomic E-state index is 0.0221. The second-order valence-corrected chi connectivity index (χ2v) is 6.14. The molecule has 2 heterocycles. The number of alkyl halides is 3. The van der Waals surface area contributed by atoms with Crippen molar-refractivity contribution in [3.63, 3.8) is 0 Å². The smallest absolute Gasteiger partial charge is 0.403 e. The molecule has 29 heavy (non-hydrogen) atoms. The van der Waals surface area contributed by atoms with Gasteiger partial charge in [0.05, 0.1) is 21.8 Å². The van der Waals surface area contributed by atoms with E-state index < -0.39 is 17.6 Å². The van der Waals surface area contributed by atoms with Crippen LogP contribution in [0.25, 0.3) is 16.7 Å². The summed E-state index contributed by atoms with van der Waals surface area (Å²) in [5.41, 5.74) is 3.65. The largest absolute Gasteiger partial charge is 0.433 e. The maximum absolute atomic E-state index is 13.2. The molecular weight excluding hydrogens is 409 g/mol. The van der Waals surface area contributed by atoms with E-state index in [1.54, 1.807) is 12.1 Å². The predicted molar refractivity (Wildman–Crippen MR) is 105 cm³/mol. The zero-order valence-electron chi connectivity index (χ0n) is 14.9. The first-order valence-electron chi connectivity index (χ1n) is 8.13. The summed E-state index contributed by atoms with van der Waals surface area (Å²) in [4.78, 5) is 24.2. The van der Waals surface area contributed by atoms with Gasteiger partial charge in [0.15, 0.2) is 5.65 Å². The first kappa shape index (κ1) is 20.3. The van der Waals surface area contributed by atoms with Crippen LogP contribution in [0.1, 0.15) is 5.69 Å². The molecule has 0 amide bonds. The summed E-state index contributed by atoms with van der Waals surface area (Å²) in [5, 5.41) is 3.08. The Kier molecular flexibility index (Phi) is 5.55. The van der Waals surface area contributed by atoms with Crippen LogP contribution in [0.3, 0.4) is 0 Å². The van der Waals surface area contributed by atoms with Gasteiger partial charge in [0.2, 0.25) is 0 Å². The Bertz CT molecular complexity index is 1190. The molecule has 0 aliphatic rings. The molecule has 7 nitrogen and oxygen atoms in total. The van der Waals surface area contributed by atoms with Gasteiger partial charge in [-0.25, -0.2) is 14.3 Å². The number of nitrogens with zero attached hydrogens (tertiary/aromatic N) is 4. The highest BCUT2D eigenvalue weighted by Crippen LogP contribution is 2.31. The molecular formula is C18H14ClF3N6O. The number of allylic oxidation sites excluding steroid dienone is 1. The Morgan fingerprint density at radius 3 is 2.59 bits per heavy atom. The van der Waals surface area contributed by atoms with E-state index in [1.807, 2.05) is 0 Å². The highest BCUT2D eigenvalue weighted by atomic mass is 35.5. The maximum Gasteiger partial charge on any atom is 0.433 e. The third kappa shape index (κ3) is 4.06. The van der Waals surface area contributed by atoms with E-state index in [9.17, 15) is 18.0 Å². The first-order chi connectivity index (χ1) is 13.8. The van der Waals surface area contributed by atoms with Crippen molar-refractivity contribution in [1.29, 1.82) is 0 Å². The number of benzene rings is 1. The summed E-state index contributed by atoms with van der Waals surface area (Å²) in [6.07, 6.45) is -2.16. The monoisotopic (exact) mass is 422 g/mol. The fourth-order valence-electron chi connectivity index (χ4n) is 2.60. The van der Waals surface area contributed by atoms with Gasteiger partial charge in [0, 0.05) is 19.5 Å². The third-order valence-electron chi connectivity index (χ3n) is 3.84. The quantitative estimate of drug-likeness (QED) is 0.628. The van der Waals surface area contributed by atoms with Gasteiger partial charge in [-0.15, -0.1) is 0 Å². The SMILES string of the molecule is CN=C/C(=C\N)Nc1nc(=O)n(-c2ccccc2Cl)c2nc(C(F)(F)F)ccc12. The molecule has 1 aromatic carbocycles. The number of aliphatic imine (C=N–C) groups is 1. The van der Waals surface area contributed by atoms with Crippen molar-refractivity contribution < 1.29 is 13.2 Å². The first-order valence-corrected chi connectivity index (χ1v) is 8.51. The molecule has 3 aromatic rings. The number of aromatic nitrogens is 3. The number of hydrogen-bond donors (Lipinski definition) is 2. The average Bonchev–Trinajstić information content (AvgIpc) is 2.67. The fraction of sp³-hybridized carbons (Fsp3) is 0.111. The average molecular weight is 423 g/mol. The van der Waals surface area contributed by atoms with Crippen LogP contribution >= 0.6 is 11.6 Å². The van der Waals surface area contributed by atoms with Crippen LogP contribution in [0.2, 0.25) is 5.02 Å². The number of hydrogen-bond acceptors (Lipinski definition) is 6. The van der Waals surface area contributed by atoms with Crippen molar-refractivity contribution in [2.24, 2.45) is 10.7 Å². The van der Waals surface area contributed by atoms with E-state index in [0.717, 1.165) is 10.6 Å². The van der Waals surface area contributed by atoms with Crippen molar-refractivity contribution in [3.8, 4) is 5.69 Å². The Morgan fingerprint density at radius 1 is 1.24 bits per heavy atom. The number of rotatable bonds is 4.